The number of nitrogens with one attached hydrogen (secondary N) is 1. The number of nitrogens with zero attached hydrogens (tertiary/aromatic N) is 2. The largest absolute Gasteiger partial charge is 0.381 e. The molecule has 1 N–H and O–H groups in total. The van der Waals surface area contributed by atoms with Crippen LogP contribution in [0.1, 0.15) is 12.8 Å². The average Bonchev–Trinajstić information content (AvgIpc) is 2.92. The molecule has 1 unspecified atom stereocenters. The molecule has 8 heteroatoms. The zero-order valence-corrected chi connectivity index (χ0v) is 14.9. The first kappa shape index (κ1) is 18.6. The van der Waals surface area contributed by atoms with E-state index in [9.17, 15) is 18.4 Å². The lowest BCUT2D eigenvalue weighted by molar-refractivity contribution is -0.138. The molecule has 0 aliphatic carbocycles. The Hall–Kier alpha value is -2.22. The summed E-state index contributed by atoms with van der Waals surface area (Å²) in [4.78, 5) is 28.4. The highest BCUT2D eigenvalue weighted by molar-refractivity contribution is 5.90. The van der Waals surface area contributed by atoms with Gasteiger partial charge in [0.25, 0.3) is 0 Å². The van der Waals surface area contributed by atoms with E-state index in [1.54, 1.807) is 23.9 Å². The van der Waals surface area contributed by atoms with Crippen molar-refractivity contribution in [3.05, 3.63) is 29.8 Å². The van der Waals surface area contributed by atoms with Gasteiger partial charge in [-0.1, -0.05) is 0 Å². The Morgan fingerprint density at radius 1 is 1.19 bits per heavy atom. The van der Waals surface area contributed by atoms with E-state index >= 15 is 0 Å². The second-order valence-electron chi connectivity index (χ2n) is 7.23. The Kier molecular flexibility index (Phi) is 5.13. The first-order valence-corrected chi connectivity index (χ1v) is 8.62. The first-order chi connectivity index (χ1) is 12.3. The van der Waals surface area contributed by atoms with Crippen LogP contribution in [0.3, 0.4) is 0 Å². The van der Waals surface area contributed by atoms with Gasteiger partial charge in [-0.05, 0) is 25.0 Å². The summed E-state index contributed by atoms with van der Waals surface area (Å²) in [6, 6.07) is 2.40. The van der Waals surface area contributed by atoms with E-state index in [1.165, 1.54) is 0 Å². The Bertz CT molecular complexity index is 685. The van der Waals surface area contributed by atoms with Crippen molar-refractivity contribution < 1.29 is 23.1 Å². The van der Waals surface area contributed by atoms with Crippen LogP contribution in [-0.4, -0.2) is 62.1 Å². The van der Waals surface area contributed by atoms with Gasteiger partial charge in [-0.25, -0.2) is 13.6 Å². The summed E-state index contributed by atoms with van der Waals surface area (Å²) in [6.45, 7) is 1.81. The van der Waals surface area contributed by atoms with Crippen molar-refractivity contribution >= 4 is 17.6 Å². The van der Waals surface area contributed by atoms with E-state index in [-0.39, 0.29) is 29.5 Å². The predicted octanol–water partition coefficient (Wildman–Crippen LogP) is 2.31. The number of hydrogen-bond donors (Lipinski definition) is 1. The highest BCUT2D eigenvalue weighted by atomic mass is 19.1. The monoisotopic (exact) mass is 367 g/mol. The van der Waals surface area contributed by atoms with Gasteiger partial charge in [0, 0.05) is 57.6 Å². The highest BCUT2D eigenvalue weighted by Gasteiger charge is 2.52. The van der Waals surface area contributed by atoms with Crippen LogP contribution in [0.2, 0.25) is 0 Å². The Balaban J connectivity index is 1.77. The van der Waals surface area contributed by atoms with E-state index in [2.05, 4.69) is 5.32 Å². The fourth-order valence-corrected chi connectivity index (χ4v) is 3.89. The second kappa shape index (κ2) is 7.19. The summed E-state index contributed by atoms with van der Waals surface area (Å²) in [5.41, 5.74) is -0.264. The molecule has 2 fully saturated rings. The van der Waals surface area contributed by atoms with Gasteiger partial charge in [-0.2, -0.15) is 0 Å². The number of rotatable bonds is 2. The molecule has 2 saturated heterocycles. The van der Waals surface area contributed by atoms with Crippen LogP contribution in [0.4, 0.5) is 19.3 Å². The van der Waals surface area contributed by atoms with Gasteiger partial charge in [0.2, 0.25) is 5.91 Å². The van der Waals surface area contributed by atoms with Crippen molar-refractivity contribution in [2.75, 3.05) is 45.7 Å². The molecule has 3 rings (SSSR count). The van der Waals surface area contributed by atoms with E-state index in [0.29, 0.717) is 32.6 Å². The summed E-state index contributed by atoms with van der Waals surface area (Å²) in [6.07, 6.45) is 1.41. The molecule has 6 nitrogen and oxygen atoms in total. The van der Waals surface area contributed by atoms with Crippen molar-refractivity contribution in [3.63, 3.8) is 0 Å². The minimum absolute atomic E-state index is 0.0148. The summed E-state index contributed by atoms with van der Waals surface area (Å²) < 4.78 is 32.1. The Morgan fingerprint density at radius 2 is 1.81 bits per heavy atom. The van der Waals surface area contributed by atoms with Crippen LogP contribution < -0.4 is 5.32 Å². The number of urea groups is 1. The third kappa shape index (κ3) is 3.65. The molecule has 2 heterocycles. The zero-order valence-electron chi connectivity index (χ0n) is 14.9. The second-order valence-corrected chi connectivity index (χ2v) is 7.23. The molecule has 0 aromatic heterocycles. The van der Waals surface area contributed by atoms with Gasteiger partial charge in [-0.3, -0.25) is 4.79 Å². The molecule has 142 valence electrons. The van der Waals surface area contributed by atoms with Crippen molar-refractivity contribution in [3.8, 4) is 0 Å². The van der Waals surface area contributed by atoms with Crippen molar-refractivity contribution in [1.29, 1.82) is 0 Å². The third-order valence-corrected chi connectivity index (χ3v) is 5.28. The van der Waals surface area contributed by atoms with Crippen molar-refractivity contribution in [2.24, 2.45) is 11.3 Å². The summed E-state index contributed by atoms with van der Waals surface area (Å²) >= 11 is 0. The van der Waals surface area contributed by atoms with Gasteiger partial charge in [0.15, 0.2) is 0 Å². The minimum Gasteiger partial charge on any atom is -0.381 e. The zero-order chi connectivity index (χ0) is 18.9. The molecule has 1 atom stereocenters. The fourth-order valence-electron chi connectivity index (χ4n) is 3.89. The van der Waals surface area contributed by atoms with Crippen molar-refractivity contribution in [2.45, 2.75) is 12.8 Å². The molecule has 26 heavy (non-hydrogen) atoms. The molecule has 0 radical (unpaired) electrons. The molecule has 3 amide bonds. The topological polar surface area (TPSA) is 61.9 Å². The maximum Gasteiger partial charge on any atom is 0.321 e. The molecule has 1 aromatic rings. The van der Waals surface area contributed by atoms with Crippen molar-refractivity contribution in [1.82, 2.24) is 9.80 Å². The number of hydrogen-bond acceptors (Lipinski definition) is 3. The van der Waals surface area contributed by atoms with E-state index < -0.39 is 17.7 Å². The standard InChI is InChI=1S/C18H23F2N3O3/c1-22(2)16(24)15-10-23(11-18(15)3-5-26-6-4-18)17(25)21-14-8-12(19)7-13(20)9-14/h7-9,15H,3-6,10-11H2,1-2H3,(H,21,25). The molecular formula is C18H23F2N3O3. The predicted molar refractivity (Wildman–Crippen MR) is 91.6 cm³/mol. The fraction of sp³-hybridized carbons (Fsp3) is 0.556. The number of halogens is 2. The Morgan fingerprint density at radius 3 is 2.38 bits per heavy atom. The van der Waals surface area contributed by atoms with Crippen LogP contribution in [0.5, 0.6) is 0 Å². The molecule has 0 saturated carbocycles. The number of amides is 3. The molecule has 0 bridgehead atoms. The van der Waals surface area contributed by atoms with Crippen LogP contribution in [0.25, 0.3) is 0 Å². The van der Waals surface area contributed by atoms with Gasteiger partial charge < -0.3 is 19.9 Å². The van der Waals surface area contributed by atoms with Crippen LogP contribution >= 0.6 is 0 Å². The smallest absolute Gasteiger partial charge is 0.321 e. The highest BCUT2D eigenvalue weighted by Crippen LogP contribution is 2.45. The van der Waals surface area contributed by atoms with E-state index in [0.717, 1.165) is 18.2 Å². The number of benzene rings is 1. The number of ether oxygens (including phenoxy) is 1. The molecule has 1 spiro atoms. The lowest BCUT2D eigenvalue weighted by Crippen LogP contribution is -2.44. The normalized spacial score (nSPS) is 21.7. The molecule has 2 aliphatic heterocycles. The van der Waals surface area contributed by atoms with Gasteiger partial charge in [0.05, 0.1) is 5.92 Å². The maximum atomic E-state index is 13.3. The van der Waals surface area contributed by atoms with Crippen LogP contribution in [0.15, 0.2) is 18.2 Å². The van der Waals surface area contributed by atoms with E-state index in [1.807, 2.05) is 0 Å². The van der Waals surface area contributed by atoms with Crippen LogP contribution in [-0.2, 0) is 9.53 Å². The summed E-state index contributed by atoms with van der Waals surface area (Å²) in [7, 11) is 3.40. The molecular weight excluding hydrogens is 344 g/mol. The quantitative estimate of drug-likeness (QED) is 0.873. The first-order valence-electron chi connectivity index (χ1n) is 8.62. The van der Waals surface area contributed by atoms with Crippen LogP contribution in [0, 0.1) is 23.0 Å². The lowest BCUT2D eigenvalue weighted by atomic mass is 9.71. The van der Waals surface area contributed by atoms with Gasteiger partial charge in [0.1, 0.15) is 11.6 Å². The number of likely N-dealkylation sites (tertiary alicyclic amines) is 1. The van der Waals surface area contributed by atoms with Gasteiger partial charge in [-0.15, -0.1) is 0 Å². The minimum atomic E-state index is -0.761. The van der Waals surface area contributed by atoms with Gasteiger partial charge >= 0.3 is 6.03 Å². The third-order valence-electron chi connectivity index (χ3n) is 5.28. The molecule has 2 aliphatic rings. The molecule has 1 aromatic carbocycles. The number of anilines is 1. The number of carbonyl (C=O) groups excluding carboxylic acids is 2. The summed E-state index contributed by atoms with van der Waals surface area (Å²) in [5, 5.41) is 2.53. The Labute approximate surface area is 151 Å². The average molecular weight is 367 g/mol. The van der Waals surface area contributed by atoms with E-state index in [4.69, 9.17) is 4.74 Å². The maximum absolute atomic E-state index is 13.3. The SMILES string of the molecule is CN(C)C(=O)C1CN(C(=O)Nc2cc(F)cc(F)c2)CC12CCOCC2. The number of carbonyl (C=O) groups is 2. The lowest BCUT2D eigenvalue weighted by Gasteiger charge is -2.37. The summed E-state index contributed by atoms with van der Waals surface area (Å²) in [5.74, 6) is -1.85.